The fraction of sp³-hybridized carbons (Fsp3) is 0.632. The first kappa shape index (κ1) is 16.9. The summed E-state index contributed by atoms with van der Waals surface area (Å²) in [6.45, 7) is 5.98. The molecule has 4 rings (SSSR count). The van der Waals surface area contributed by atoms with Crippen molar-refractivity contribution in [1.29, 1.82) is 0 Å². The van der Waals surface area contributed by atoms with Gasteiger partial charge in [-0.05, 0) is 31.2 Å². The maximum atomic E-state index is 12.8. The van der Waals surface area contributed by atoms with E-state index in [4.69, 9.17) is 18.9 Å². The molecule has 0 spiro atoms. The van der Waals surface area contributed by atoms with Gasteiger partial charge in [0.25, 0.3) is 11.7 Å². The van der Waals surface area contributed by atoms with Crippen LogP contribution in [0.5, 0.6) is 0 Å². The van der Waals surface area contributed by atoms with Gasteiger partial charge in [0.05, 0.1) is 0 Å². The first-order valence-electron chi connectivity index (χ1n) is 8.99. The second-order valence-electron chi connectivity index (χ2n) is 7.28. The van der Waals surface area contributed by atoms with Gasteiger partial charge in [-0.2, -0.15) is 0 Å². The van der Waals surface area contributed by atoms with Crippen LogP contribution in [-0.4, -0.2) is 24.2 Å². The van der Waals surface area contributed by atoms with E-state index in [9.17, 15) is 4.79 Å². The summed E-state index contributed by atoms with van der Waals surface area (Å²) in [6.07, 6.45) is 3.91. The lowest BCUT2D eigenvalue weighted by atomic mass is 9.70. The fourth-order valence-corrected chi connectivity index (χ4v) is 5.20. The first-order valence-corrected chi connectivity index (χ1v) is 9.86. The Labute approximate surface area is 151 Å². The van der Waals surface area contributed by atoms with Crippen molar-refractivity contribution in [2.75, 3.05) is 6.61 Å². The summed E-state index contributed by atoms with van der Waals surface area (Å²) in [6, 6.07) is 4.09. The smallest absolute Gasteiger partial charge is 0.345 e. The molecule has 1 saturated carbocycles. The third-order valence-corrected chi connectivity index (χ3v) is 6.14. The van der Waals surface area contributed by atoms with Crippen LogP contribution in [0.15, 0.2) is 29.0 Å². The number of fused-ring (bicyclic) bond motifs is 1. The number of hydrogen-bond donors (Lipinski definition) is 0. The molecule has 3 heterocycles. The standard InChI is InChI=1S/C19H24O5S/c1-4-21-19-10-6-5-8-12(19)14(13-9-7-11-25-13)15-16(20)22-18(2,3)23-17(15)24-19/h7,9,11-12,14H,4-6,8,10H2,1-3H3. The highest BCUT2D eigenvalue weighted by Crippen LogP contribution is 2.55. The molecule has 0 saturated heterocycles. The van der Waals surface area contributed by atoms with E-state index in [0.717, 1.165) is 30.6 Å². The number of ether oxygens (including phenoxy) is 4. The van der Waals surface area contributed by atoms with Crippen LogP contribution >= 0.6 is 11.3 Å². The SMILES string of the molecule is CCOC12CCCCC1C(c1cccs1)C1=C(OC(C)(C)OC1=O)O2. The van der Waals surface area contributed by atoms with E-state index in [1.54, 1.807) is 25.2 Å². The minimum absolute atomic E-state index is 0.0796. The van der Waals surface area contributed by atoms with Crippen molar-refractivity contribution < 1.29 is 23.7 Å². The number of rotatable bonds is 3. The van der Waals surface area contributed by atoms with Crippen LogP contribution in [0.1, 0.15) is 57.2 Å². The summed E-state index contributed by atoms with van der Waals surface area (Å²) < 4.78 is 23.9. The molecule has 136 valence electrons. The van der Waals surface area contributed by atoms with Crippen LogP contribution in [-0.2, 0) is 23.7 Å². The Morgan fingerprint density at radius 2 is 2.12 bits per heavy atom. The molecular formula is C19H24O5S. The van der Waals surface area contributed by atoms with Crippen molar-refractivity contribution in [3.05, 3.63) is 33.9 Å². The third kappa shape index (κ3) is 2.75. The Morgan fingerprint density at radius 1 is 1.28 bits per heavy atom. The molecule has 0 aromatic carbocycles. The minimum atomic E-state index is -1.04. The Morgan fingerprint density at radius 3 is 2.84 bits per heavy atom. The van der Waals surface area contributed by atoms with E-state index in [2.05, 4.69) is 6.07 Å². The van der Waals surface area contributed by atoms with Crippen LogP contribution < -0.4 is 0 Å². The monoisotopic (exact) mass is 364 g/mol. The molecule has 0 N–H and O–H groups in total. The molecule has 3 unspecified atom stereocenters. The normalized spacial score (nSPS) is 33.6. The second-order valence-corrected chi connectivity index (χ2v) is 8.26. The number of thiophene rings is 1. The molecule has 0 radical (unpaired) electrons. The van der Waals surface area contributed by atoms with Crippen molar-refractivity contribution in [2.24, 2.45) is 5.92 Å². The number of hydrogen-bond acceptors (Lipinski definition) is 6. The van der Waals surface area contributed by atoms with Gasteiger partial charge in [-0.15, -0.1) is 11.3 Å². The van der Waals surface area contributed by atoms with Crippen molar-refractivity contribution in [1.82, 2.24) is 0 Å². The highest BCUT2D eigenvalue weighted by atomic mass is 32.1. The molecule has 1 fully saturated rings. The number of esters is 1. The highest BCUT2D eigenvalue weighted by Gasteiger charge is 2.58. The molecule has 3 aliphatic rings. The van der Waals surface area contributed by atoms with Crippen LogP contribution in [0, 0.1) is 5.92 Å². The number of carbonyl (C=O) groups is 1. The third-order valence-electron chi connectivity index (χ3n) is 5.19. The van der Waals surface area contributed by atoms with E-state index in [0.29, 0.717) is 12.2 Å². The van der Waals surface area contributed by atoms with Crippen molar-refractivity contribution in [3.63, 3.8) is 0 Å². The van der Waals surface area contributed by atoms with E-state index < -0.39 is 11.6 Å². The summed E-state index contributed by atoms with van der Waals surface area (Å²) in [4.78, 5) is 13.9. The Balaban J connectivity index is 1.87. The second kappa shape index (κ2) is 6.02. The largest absolute Gasteiger partial charge is 0.432 e. The van der Waals surface area contributed by atoms with Crippen molar-refractivity contribution in [3.8, 4) is 0 Å². The van der Waals surface area contributed by atoms with E-state index >= 15 is 0 Å². The molecule has 3 atom stereocenters. The lowest BCUT2D eigenvalue weighted by Gasteiger charge is -2.51. The van der Waals surface area contributed by atoms with Crippen LogP contribution in [0.4, 0.5) is 0 Å². The molecule has 1 aliphatic carbocycles. The molecule has 0 amide bonds. The lowest BCUT2D eigenvalue weighted by Crippen LogP contribution is -2.54. The minimum Gasteiger partial charge on any atom is -0.432 e. The molecule has 2 aliphatic heterocycles. The van der Waals surface area contributed by atoms with Crippen LogP contribution in [0.2, 0.25) is 0 Å². The topological polar surface area (TPSA) is 54.0 Å². The zero-order chi connectivity index (χ0) is 17.7. The van der Waals surface area contributed by atoms with Crippen molar-refractivity contribution in [2.45, 2.75) is 63.9 Å². The van der Waals surface area contributed by atoms with Gasteiger partial charge in [0, 0.05) is 43.6 Å². The molecule has 6 heteroatoms. The molecule has 1 aromatic rings. The summed E-state index contributed by atoms with van der Waals surface area (Å²) >= 11 is 1.65. The van der Waals surface area contributed by atoms with Gasteiger partial charge in [-0.1, -0.05) is 12.5 Å². The summed E-state index contributed by atoms with van der Waals surface area (Å²) in [5.74, 6) is -1.86. The summed E-state index contributed by atoms with van der Waals surface area (Å²) in [5.41, 5.74) is 0.504. The maximum Gasteiger partial charge on any atom is 0.345 e. The van der Waals surface area contributed by atoms with Gasteiger partial charge in [-0.25, -0.2) is 4.79 Å². The Hall–Kier alpha value is -1.53. The van der Waals surface area contributed by atoms with Gasteiger partial charge in [-0.3, -0.25) is 0 Å². The first-order chi connectivity index (χ1) is 12.0. The zero-order valence-corrected chi connectivity index (χ0v) is 15.7. The quantitative estimate of drug-likeness (QED) is 0.748. The number of cyclic esters (lactones) is 1. The zero-order valence-electron chi connectivity index (χ0n) is 14.9. The van der Waals surface area contributed by atoms with Crippen LogP contribution in [0.25, 0.3) is 0 Å². The molecule has 5 nitrogen and oxygen atoms in total. The fourth-order valence-electron chi connectivity index (χ4n) is 4.30. The van der Waals surface area contributed by atoms with Gasteiger partial charge < -0.3 is 18.9 Å². The van der Waals surface area contributed by atoms with Crippen molar-refractivity contribution >= 4 is 17.3 Å². The van der Waals surface area contributed by atoms with E-state index in [1.165, 1.54) is 0 Å². The Bertz CT molecular complexity index is 689. The summed E-state index contributed by atoms with van der Waals surface area (Å²) in [7, 11) is 0. The Kier molecular flexibility index (Phi) is 4.07. The average Bonchev–Trinajstić information content (AvgIpc) is 3.05. The van der Waals surface area contributed by atoms with Gasteiger partial charge in [0.1, 0.15) is 5.57 Å². The molecule has 25 heavy (non-hydrogen) atoms. The molecule has 1 aromatic heterocycles. The lowest BCUT2D eigenvalue weighted by molar-refractivity contribution is -0.319. The number of carbonyl (C=O) groups excluding carboxylic acids is 1. The average molecular weight is 364 g/mol. The predicted octanol–water partition coefficient (Wildman–Crippen LogP) is 4.31. The molecule has 0 bridgehead atoms. The maximum absolute atomic E-state index is 12.8. The van der Waals surface area contributed by atoms with E-state index in [-0.39, 0.29) is 23.8 Å². The highest BCUT2D eigenvalue weighted by molar-refractivity contribution is 7.10. The van der Waals surface area contributed by atoms with Gasteiger partial charge in [0.15, 0.2) is 0 Å². The van der Waals surface area contributed by atoms with Crippen LogP contribution in [0.3, 0.4) is 0 Å². The van der Waals surface area contributed by atoms with Gasteiger partial charge >= 0.3 is 5.97 Å². The summed E-state index contributed by atoms with van der Waals surface area (Å²) in [5, 5.41) is 2.04. The van der Waals surface area contributed by atoms with Gasteiger partial charge in [0.2, 0.25) is 5.79 Å². The molecular weight excluding hydrogens is 340 g/mol. The van der Waals surface area contributed by atoms with E-state index in [1.807, 2.05) is 18.4 Å². The predicted molar refractivity (Wildman–Crippen MR) is 92.7 cm³/mol.